The predicted octanol–water partition coefficient (Wildman–Crippen LogP) is 5.28. The van der Waals surface area contributed by atoms with Crippen molar-refractivity contribution in [1.82, 2.24) is 9.29 Å². The van der Waals surface area contributed by atoms with E-state index in [0.717, 1.165) is 38.3 Å². The van der Waals surface area contributed by atoms with E-state index in [1.807, 2.05) is 30.6 Å². The Hall–Kier alpha value is -2.08. The second-order valence-corrected chi connectivity index (χ2v) is 8.08. The normalized spacial score (nSPS) is 17.1. The maximum atomic E-state index is 5.87. The van der Waals surface area contributed by atoms with Crippen LogP contribution in [0.3, 0.4) is 0 Å². The lowest BCUT2D eigenvalue weighted by atomic mass is 10.2. The molecule has 0 radical (unpaired) electrons. The van der Waals surface area contributed by atoms with Crippen molar-refractivity contribution in [3.63, 3.8) is 0 Å². The van der Waals surface area contributed by atoms with E-state index in [1.165, 1.54) is 16.0 Å². The molecule has 0 amide bonds. The molecule has 0 saturated carbocycles. The summed E-state index contributed by atoms with van der Waals surface area (Å²) in [6, 6.07) is 12.4. The summed E-state index contributed by atoms with van der Waals surface area (Å²) in [7, 11) is 0. The minimum atomic E-state index is 0.240. The molecule has 1 unspecified atom stereocenters. The Balaban J connectivity index is 1.60. The van der Waals surface area contributed by atoms with Gasteiger partial charge in [-0.05, 0) is 73.7 Å². The average Bonchev–Trinajstić information content (AvgIpc) is 3.22. The van der Waals surface area contributed by atoms with Gasteiger partial charge >= 0.3 is 0 Å². The molecule has 3 rings (SSSR count). The van der Waals surface area contributed by atoms with E-state index in [4.69, 9.17) is 9.47 Å². The number of nitrogens with zero attached hydrogens (tertiary/aromatic N) is 2. The van der Waals surface area contributed by atoms with Crippen molar-refractivity contribution in [2.24, 2.45) is 0 Å². The maximum absolute atomic E-state index is 5.87. The summed E-state index contributed by atoms with van der Waals surface area (Å²) in [6.07, 6.45) is 10.0. The molecule has 0 N–H and O–H groups in total. The van der Waals surface area contributed by atoms with E-state index in [-0.39, 0.29) is 6.10 Å². The Labute approximate surface area is 172 Å². The van der Waals surface area contributed by atoms with Crippen LogP contribution in [0.25, 0.3) is 0 Å². The first-order valence-corrected chi connectivity index (χ1v) is 10.4. The minimum absolute atomic E-state index is 0.240. The van der Waals surface area contributed by atoms with Crippen LogP contribution in [0.2, 0.25) is 0 Å². The molecule has 148 valence electrons. The SMILES string of the molecule is C=C/C=C(\C)CN(Cc1ccncc1)Sc1ccc(OCC2CCCO2)cc1. The van der Waals surface area contributed by atoms with Crippen molar-refractivity contribution in [3.05, 3.63) is 78.7 Å². The molecule has 2 heterocycles. The fourth-order valence-electron chi connectivity index (χ4n) is 3.06. The predicted molar refractivity (Wildman–Crippen MR) is 115 cm³/mol. The second kappa shape index (κ2) is 11.1. The molecule has 28 heavy (non-hydrogen) atoms. The van der Waals surface area contributed by atoms with E-state index in [2.05, 4.69) is 53.1 Å². The number of allylic oxidation sites excluding steroid dienone is 2. The summed E-state index contributed by atoms with van der Waals surface area (Å²) in [4.78, 5) is 5.30. The van der Waals surface area contributed by atoms with E-state index < -0.39 is 0 Å². The van der Waals surface area contributed by atoms with Crippen molar-refractivity contribution in [2.75, 3.05) is 19.8 Å². The van der Waals surface area contributed by atoms with Gasteiger partial charge in [-0.3, -0.25) is 4.98 Å². The lowest BCUT2D eigenvalue weighted by Gasteiger charge is -2.22. The van der Waals surface area contributed by atoms with Gasteiger partial charge in [0.1, 0.15) is 12.4 Å². The molecule has 1 aliphatic heterocycles. The second-order valence-electron chi connectivity index (χ2n) is 6.91. The summed E-state index contributed by atoms with van der Waals surface area (Å²) >= 11 is 1.75. The molecule has 0 aliphatic carbocycles. The first-order chi connectivity index (χ1) is 13.7. The summed E-state index contributed by atoms with van der Waals surface area (Å²) < 4.78 is 13.8. The van der Waals surface area contributed by atoms with Crippen molar-refractivity contribution >= 4 is 11.9 Å². The number of pyridine rings is 1. The van der Waals surface area contributed by atoms with Crippen LogP contribution in [0.1, 0.15) is 25.3 Å². The number of hydrogen-bond donors (Lipinski definition) is 0. The van der Waals surface area contributed by atoms with Crippen LogP contribution >= 0.6 is 11.9 Å². The van der Waals surface area contributed by atoms with Crippen LogP contribution in [0, 0.1) is 0 Å². The third kappa shape index (κ3) is 6.82. The van der Waals surface area contributed by atoms with Gasteiger partial charge in [0, 0.05) is 37.0 Å². The topological polar surface area (TPSA) is 34.6 Å². The molecule has 1 aromatic heterocycles. The molecule has 1 saturated heterocycles. The van der Waals surface area contributed by atoms with Gasteiger partial charge in [-0.2, -0.15) is 0 Å². The molecule has 4 nitrogen and oxygen atoms in total. The Morgan fingerprint density at radius 3 is 2.75 bits per heavy atom. The molecular formula is C23H28N2O2S. The lowest BCUT2D eigenvalue weighted by Crippen LogP contribution is -2.17. The smallest absolute Gasteiger partial charge is 0.119 e. The third-order valence-electron chi connectivity index (χ3n) is 4.45. The summed E-state index contributed by atoms with van der Waals surface area (Å²) in [5.74, 6) is 0.892. The molecule has 0 bridgehead atoms. The zero-order valence-corrected chi connectivity index (χ0v) is 17.2. The summed E-state index contributed by atoms with van der Waals surface area (Å²) in [5, 5.41) is 0. The van der Waals surface area contributed by atoms with Crippen LogP contribution in [0.4, 0.5) is 0 Å². The third-order valence-corrected chi connectivity index (χ3v) is 5.45. The first-order valence-electron chi connectivity index (χ1n) is 9.67. The largest absolute Gasteiger partial charge is 0.491 e. The number of ether oxygens (including phenoxy) is 2. The van der Waals surface area contributed by atoms with Gasteiger partial charge in [0.25, 0.3) is 0 Å². The fourth-order valence-corrected chi connectivity index (χ4v) is 4.09. The molecule has 1 aliphatic rings. The van der Waals surface area contributed by atoms with Crippen molar-refractivity contribution in [1.29, 1.82) is 0 Å². The minimum Gasteiger partial charge on any atom is -0.491 e. The monoisotopic (exact) mass is 396 g/mol. The van der Waals surface area contributed by atoms with Gasteiger partial charge in [0.05, 0.1) is 6.10 Å². The zero-order valence-electron chi connectivity index (χ0n) is 16.4. The van der Waals surface area contributed by atoms with Crippen LogP contribution in [0.15, 0.2) is 78.0 Å². The van der Waals surface area contributed by atoms with Gasteiger partial charge in [0.15, 0.2) is 0 Å². The Kier molecular flexibility index (Phi) is 8.15. The fraction of sp³-hybridized carbons (Fsp3) is 0.348. The van der Waals surface area contributed by atoms with Gasteiger partial charge in [0.2, 0.25) is 0 Å². The molecule has 2 aromatic rings. The highest BCUT2D eigenvalue weighted by atomic mass is 32.2. The quantitative estimate of drug-likeness (QED) is 0.403. The molecule has 0 spiro atoms. The Morgan fingerprint density at radius 2 is 2.07 bits per heavy atom. The van der Waals surface area contributed by atoms with Crippen molar-refractivity contribution < 1.29 is 9.47 Å². The summed E-state index contributed by atoms with van der Waals surface area (Å²) in [6.45, 7) is 9.11. The van der Waals surface area contributed by atoms with Gasteiger partial charge in [-0.25, -0.2) is 4.31 Å². The first kappa shape index (κ1) is 20.6. The molecule has 1 aromatic carbocycles. The van der Waals surface area contributed by atoms with Crippen LogP contribution in [0.5, 0.6) is 5.75 Å². The standard InChI is InChI=1S/C23H28N2O2S/c1-3-5-19(2)16-25(17-20-11-13-24-14-12-20)28-23-9-7-21(8-10-23)27-18-22-6-4-15-26-22/h3,5,7-14,22H,1,4,6,15-18H2,2H3/b19-5+. The molecular weight excluding hydrogens is 368 g/mol. The average molecular weight is 397 g/mol. The number of benzene rings is 1. The van der Waals surface area contributed by atoms with E-state index in [0.29, 0.717) is 6.61 Å². The van der Waals surface area contributed by atoms with Crippen molar-refractivity contribution in [2.45, 2.75) is 37.3 Å². The van der Waals surface area contributed by atoms with E-state index in [1.54, 1.807) is 11.9 Å². The number of aromatic nitrogens is 1. The highest BCUT2D eigenvalue weighted by molar-refractivity contribution is 7.97. The van der Waals surface area contributed by atoms with Crippen LogP contribution in [-0.2, 0) is 11.3 Å². The highest BCUT2D eigenvalue weighted by Gasteiger charge is 2.16. The van der Waals surface area contributed by atoms with Crippen molar-refractivity contribution in [3.8, 4) is 5.75 Å². The highest BCUT2D eigenvalue weighted by Crippen LogP contribution is 2.27. The Morgan fingerprint density at radius 1 is 1.29 bits per heavy atom. The van der Waals surface area contributed by atoms with Crippen LogP contribution < -0.4 is 4.74 Å². The summed E-state index contributed by atoms with van der Waals surface area (Å²) in [5.41, 5.74) is 2.51. The number of hydrogen-bond acceptors (Lipinski definition) is 5. The molecule has 1 atom stereocenters. The Bertz CT molecular complexity index is 756. The van der Waals surface area contributed by atoms with E-state index >= 15 is 0 Å². The van der Waals surface area contributed by atoms with Gasteiger partial charge < -0.3 is 9.47 Å². The van der Waals surface area contributed by atoms with Gasteiger partial charge in [-0.15, -0.1) is 0 Å². The van der Waals surface area contributed by atoms with E-state index in [9.17, 15) is 0 Å². The van der Waals surface area contributed by atoms with Gasteiger partial charge in [-0.1, -0.05) is 24.3 Å². The zero-order chi connectivity index (χ0) is 19.6. The maximum Gasteiger partial charge on any atom is 0.119 e. The number of rotatable bonds is 10. The van der Waals surface area contributed by atoms with Crippen LogP contribution in [-0.4, -0.2) is 35.2 Å². The molecule has 1 fully saturated rings. The lowest BCUT2D eigenvalue weighted by molar-refractivity contribution is 0.0679. The molecule has 5 heteroatoms.